The molecule has 0 bridgehead atoms. The van der Waals surface area contributed by atoms with Gasteiger partial charge in [-0.3, -0.25) is 4.90 Å². The molecule has 5 nitrogen and oxygen atoms in total. The van der Waals surface area contributed by atoms with Crippen LogP contribution in [-0.2, 0) is 35.0 Å². The van der Waals surface area contributed by atoms with Crippen LogP contribution in [0.1, 0.15) is 40.9 Å². The molecule has 11 heteroatoms. The van der Waals surface area contributed by atoms with Crippen LogP contribution in [0.15, 0.2) is 61.1 Å². The molecule has 1 aliphatic rings. The zero-order valence-corrected chi connectivity index (χ0v) is 18.6. The van der Waals surface area contributed by atoms with Crippen molar-refractivity contribution in [2.75, 3.05) is 6.54 Å². The molecule has 0 saturated carbocycles. The maximum Gasteiger partial charge on any atom is 0.416 e. The number of ether oxygens (including phenoxy) is 2. The summed E-state index contributed by atoms with van der Waals surface area (Å²) in [6.07, 6.45) is -7.86. The molecule has 0 spiro atoms. The standard InChI is InChI=1S/C24H23F6N3O2/c1-15-11-33(12-20-10-31-14-32-20)21(17-5-3-2-4-6-17)22(35-15)34-13-16-7-18(23(25,26)27)9-19(8-16)24(28,29)30/h2-10,14-15,21-22H,11-13H2,1H3,(H,31,32). The Hall–Kier alpha value is -2.89. The van der Waals surface area contributed by atoms with Crippen molar-refractivity contribution in [3.05, 3.63) is 89.0 Å². The number of halogens is 6. The summed E-state index contributed by atoms with van der Waals surface area (Å²) < 4.78 is 91.4. The molecular formula is C24H23F6N3O2. The predicted molar refractivity (Wildman–Crippen MR) is 114 cm³/mol. The third kappa shape index (κ3) is 6.22. The normalized spacial score (nSPS) is 21.9. The van der Waals surface area contributed by atoms with E-state index in [1.54, 1.807) is 12.5 Å². The van der Waals surface area contributed by atoms with Crippen LogP contribution in [-0.4, -0.2) is 33.8 Å². The molecule has 2 heterocycles. The van der Waals surface area contributed by atoms with Gasteiger partial charge in [0.15, 0.2) is 6.29 Å². The zero-order chi connectivity index (χ0) is 25.2. The van der Waals surface area contributed by atoms with Gasteiger partial charge in [0.2, 0.25) is 0 Å². The van der Waals surface area contributed by atoms with E-state index >= 15 is 0 Å². The first-order chi connectivity index (χ1) is 16.5. The molecule has 0 aliphatic carbocycles. The first kappa shape index (κ1) is 25.2. The SMILES string of the molecule is CC1CN(Cc2cnc[nH]2)C(c2ccccc2)C(OCc2cc(C(F)(F)F)cc(C(F)(F)F)c2)O1. The molecule has 3 atom stereocenters. The fourth-order valence-electron chi connectivity index (χ4n) is 4.14. The second-order valence-electron chi connectivity index (χ2n) is 8.40. The Balaban J connectivity index is 1.62. The molecule has 1 N–H and O–H groups in total. The number of nitrogens with zero attached hydrogens (tertiary/aromatic N) is 2. The van der Waals surface area contributed by atoms with Crippen molar-refractivity contribution in [3.63, 3.8) is 0 Å². The van der Waals surface area contributed by atoms with Gasteiger partial charge in [-0.25, -0.2) is 4.98 Å². The minimum absolute atomic E-state index is 0.0988. The summed E-state index contributed by atoms with van der Waals surface area (Å²) in [7, 11) is 0. The highest BCUT2D eigenvalue weighted by atomic mass is 19.4. The van der Waals surface area contributed by atoms with Crippen molar-refractivity contribution in [3.8, 4) is 0 Å². The fraction of sp³-hybridized carbons (Fsp3) is 0.375. The van der Waals surface area contributed by atoms with E-state index in [0.29, 0.717) is 25.2 Å². The largest absolute Gasteiger partial charge is 0.416 e. The first-order valence-corrected chi connectivity index (χ1v) is 10.8. The second-order valence-corrected chi connectivity index (χ2v) is 8.40. The van der Waals surface area contributed by atoms with E-state index in [0.717, 1.165) is 11.3 Å². The molecule has 3 aromatic rings. The number of hydrogen-bond donors (Lipinski definition) is 1. The summed E-state index contributed by atoms with van der Waals surface area (Å²) in [5.74, 6) is 0. The first-order valence-electron chi connectivity index (χ1n) is 10.8. The van der Waals surface area contributed by atoms with Crippen molar-refractivity contribution in [1.29, 1.82) is 0 Å². The Morgan fingerprint density at radius 1 is 1.03 bits per heavy atom. The van der Waals surface area contributed by atoms with Crippen molar-refractivity contribution in [1.82, 2.24) is 14.9 Å². The Morgan fingerprint density at radius 3 is 2.26 bits per heavy atom. The number of imidazole rings is 1. The number of nitrogens with one attached hydrogen (secondary N) is 1. The average molecular weight is 499 g/mol. The van der Waals surface area contributed by atoms with E-state index in [1.807, 2.05) is 37.3 Å². The third-order valence-corrected chi connectivity index (χ3v) is 5.64. The average Bonchev–Trinajstić information content (AvgIpc) is 3.30. The Kier molecular flexibility index (Phi) is 7.20. The molecule has 3 unspecified atom stereocenters. The van der Waals surface area contributed by atoms with Gasteiger partial charge in [0.1, 0.15) is 0 Å². The van der Waals surface area contributed by atoms with E-state index < -0.39 is 42.4 Å². The number of benzene rings is 2. The fourth-order valence-corrected chi connectivity index (χ4v) is 4.14. The second kappa shape index (κ2) is 10.00. The summed E-state index contributed by atoms with van der Waals surface area (Å²) in [4.78, 5) is 9.14. The lowest BCUT2D eigenvalue weighted by molar-refractivity contribution is -0.242. The Labute approximate surface area is 197 Å². The Morgan fingerprint density at radius 2 is 1.69 bits per heavy atom. The highest BCUT2D eigenvalue weighted by molar-refractivity contribution is 5.33. The predicted octanol–water partition coefficient (Wildman–Crippen LogP) is 5.95. The van der Waals surface area contributed by atoms with Crippen LogP contribution in [0, 0.1) is 0 Å². The van der Waals surface area contributed by atoms with Gasteiger partial charge >= 0.3 is 12.4 Å². The van der Waals surface area contributed by atoms with Crippen LogP contribution in [0.3, 0.4) is 0 Å². The molecule has 0 radical (unpaired) electrons. The van der Waals surface area contributed by atoms with Crippen molar-refractivity contribution >= 4 is 0 Å². The molecular weight excluding hydrogens is 476 g/mol. The number of hydrogen-bond acceptors (Lipinski definition) is 4. The van der Waals surface area contributed by atoms with Gasteiger partial charge in [0.25, 0.3) is 0 Å². The molecule has 1 saturated heterocycles. The lowest BCUT2D eigenvalue weighted by Gasteiger charge is -2.43. The van der Waals surface area contributed by atoms with Gasteiger partial charge in [0.05, 0.1) is 36.2 Å². The van der Waals surface area contributed by atoms with Crippen LogP contribution in [0.5, 0.6) is 0 Å². The molecule has 35 heavy (non-hydrogen) atoms. The number of rotatable bonds is 6. The van der Waals surface area contributed by atoms with Crippen LogP contribution >= 0.6 is 0 Å². The summed E-state index contributed by atoms with van der Waals surface area (Å²) in [6.45, 7) is 2.32. The van der Waals surface area contributed by atoms with Crippen molar-refractivity contribution in [2.24, 2.45) is 0 Å². The van der Waals surface area contributed by atoms with Crippen LogP contribution in [0.4, 0.5) is 26.3 Å². The van der Waals surface area contributed by atoms with Crippen molar-refractivity contribution in [2.45, 2.75) is 50.9 Å². The summed E-state index contributed by atoms with van der Waals surface area (Å²) in [5.41, 5.74) is -1.34. The number of aromatic nitrogens is 2. The van der Waals surface area contributed by atoms with E-state index in [-0.39, 0.29) is 17.7 Å². The summed E-state index contributed by atoms with van der Waals surface area (Å²) in [6, 6.07) is 10.2. The van der Waals surface area contributed by atoms with E-state index in [2.05, 4.69) is 14.9 Å². The van der Waals surface area contributed by atoms with Gasteiger partial charge in [-0.1, -0.05) is 30.3 Å². The van der Waals surface area contributed by atoms with Crippen LogP contribution in [0.2, 0.25) is 0 Å². The zero-order valence-electron chi connectivity index (χ0n) is 18.6. The Bertz CT molecular complexity index is 1070. The highest BCUT2D eigenvalue weighted by Crippen LogP contribution is 2.38. The van der Waals surface area contributed by atoms with Gasteiger partial charge < -0.3 is 14.5 Å². The quantitative estimate of drug-likeness (QED) is 0.426. The maximum absolute atomic E-state index is 13.2. The van der Waals surface area contributed by atoms with Gasteiger partial charge in [0, 0.05) is 25.0 Å². The monoisotopic (exact) mass is 499 g/mol. The van der Waals surface area contributed by atoms with Crippen LogP contribution in [0.25, 0.3) is 0 Å². The summed E-state index contributed by atoms with van der Waals surface area (Å²) >= 11 is 0. The number of aromatic amines is 1. The number of H-pyrrole nitrogens is 1. The lowest BCUT2D eigenvalue weighted by Crippen LogP contribution is -2.49. The molecule has 1 aromatic heterocycles. The van der Waals surface area contributed by atoms with Gasteiger partial charge in [-0.15, -0.1) is 0 Å². The van der Waals surface area contributed by atoms with E-state index in [9.17, 15) is 26.3 Å². The number of alkyl halides is 6. The maximum atomic E-state index is 13.2. The minimum atomic E-state index is -4.93. The molecule has 4 rings (SSSR count). The van der Waals surface area contributed by atoms with Gasteiger partial charge in [-0.2, -0.15) is 26.3 Å². The van der Waals surface area contributed by atoms with Crippen LogP contribution < -0.4 is 0 Å². The molecule has 1 fully saturated rings. The summed E-state index contributed by atoms with van der Waals surface area (Å²) in [5, 5.41) is 0. The molecule has 1 aliphatic heterocycles. The highest BCUT2D eigenvalue weighted by Gasteiger charge is 2.39. The lowest BCUT2D eigenvalue weighted by atomic mass is 10.0. The van der Waals surface area contributed by atoms with E-state index in [4.69, 9.17) is 9.47 Å². The topological polar surface area (TPSA) is 50.4 Å². The molecule has 188 valence electrons. The minimum Gasteiger partial charge on any atom is -0.347 e. The van der Waals surface area contributed by atoms with Crippen molar-refractivity contribution < 1.29 is 35.8 Å². The smallest absolute Gasteiger partial charge is 0.347 e. The molecule has 0 amide bonds. The number of morpholine rings is 1. The molecule has 2 aromatic carbocycles. The van der Waals surface area contributed by atoms with E-state index in [1.165, 1.54) is 0 Å². The van der Waals surface area contributed by atoms with Gasteiger partial charge in [-0.05, 0) is 36.2 Å². The third-order valence-electron chi connectivity index (χ3n) is 5.64.